The molecule has 8 aromatic rings. The van der Waals surface area contributed by atoms with Crippen molar-refractivity contribution < 1.29 is 4.74 Å². The molecule has 0 bridgehead atoms. The zero-order valence-corrected chi connectivity index (χ0v) is 23.3. The molecule has 7 aromatic carbocycles. The molecule has 3 heterocycles. The van der Waals surface area contributed by atoms with Crippen LogP contribution in [0.4, 0.5) is 0 Å². The van der Waals surface area contributed by atoms with E-state index in [1.807, 2.05) is 0 Å². The fraction of sp³-hybridized carbons (Fsp3) is 0.0244. The molecule has 0 saturated carbocycles. The first-order valence-electron chi connectivity index (χ1n) is 14.9. The summed E-state index contributed by atoms with van der Waals surface area (Å²) in [6.07, 6.45) is 0. The van der Waals surface area contributed by atoms with E-state index < -0.39 is 5.41 Å². The summed E-state index contributed by atoms with van der Waals surface area (Å²) in [5, 5.41) is 5.04. The molecule has 2 heteroatoms. The van der Waals surface area contributed by atoms with E-state index in [9.17, 15) is 0 Å². The summed E-state index contributed by atoms with van der Waals surface area (Å²) in [5.74, 6) is 1.81. The molecular weight excluding hydrogens is 522 g/mol. The lowest BCUT2D eigenvalue weighted by Gasteiger charge is -2.45. The number of benzene rings is 7. The second-order valence-corrected chi connectivity index (χ2v) is 11.7. The number of nitrogens with zero attached hydrogens (tertiary/aromatic N) is 1. The maximum atomic E-state index is 6.72. The van der Waals surface area contributed by atoms with E-state index in [0.29, 0.717) is 0 Å². The predicted octanol–water partition coefficient (Wildman–Crippen LogP) is 10.4. The first-order chi connectivity index (χ1) is 21.3. The van der Waals surface area contributed by atoms with Gasteiger partial charge in [-0.3, -0.25) is 0 Å². The number of ether oxygens (including phenoxy) is 1. The zero-order chi connectivity index (χ0) is 28.1. The highest BCUT2D eigenvalue weighted by molar-refractivity contribution is 6.12. The maximum Gasteiger partial charge on any atom is 0.132 e. The average molecular weight is 548 g/mol. The SMILES string of the molecule is c1ccc2c(c1)Oc1ccc(-c3ccc4ccccc4c3)cc1C21c2ccccc2-n2c3ccccc3c3cccc1c32. The van der Waals surface area contributed by atoms with Gasteiger partial charge in [0.05, 0.1) is 22.1 Å². The minimum Gasteiger partial charge on any atom is -0.457 e. The van der Waals surface area contributed by atoms with E-state index >= 15 is 0 Å². The van der Waals surface area contributed by atoms with Crippen LogP contribution in [0.5, 0.6) is 11.5 Å². The summed E-state index contributed by atoms with van der Waals surface area (Å²) >= 11 is 0. The molecule has 0 N–H and O–H groups in total. The van der Waals surface area contributed by atoms with Gasteiger partial charge >= 0.3 is 0 Å². The Balaban J connectivity index is 1.37. The fourth-order valence-electron chi connectivity index (χ4n) is 7.87. The molecule has 200 valence electrons. The van der Waals surface area contributed by atoms with Crippen LogP contribution in [0.3, 0.4) is 0 Å². The van der Waals surface area contributed by atoms with Crippen LogP contribution in [-0.4, -0.2) is 4.57 Å². The Hall–Kier alpha value is -5.60. The Morgan fingerprint density at radius 2 is 1.12 bits per heavy atom. The third-order valence-electron chi connectivity index (χ3n) is 9.63. The third kappa shape index (κ3) is 2.88. The van der Waals surface area contributed by atoms with Gasteiger partial charge < -0.3 is 9.30 Å². The molecule has 1 aromatic heterocycles. The Labute approximate surface area is 249 Å². The molecule has 2 aliphatic rings. The van der Waals surface area contributed by atoms with Crippen molar-refractivity contribution in [2.45, 2.75) is 5.41 Å². The molecule has 10 rings (SSSR count). The Morgan fingerprint density at radius 3 is 2.07 bits per heavy atom. The predicted molar refractivity (Wildman–Crippen MR) is 176 cm³/mol. The smallest absolute Gasteiger partial charge is 0.132 e. The van der Waals surface area contributed by atoms with Crippen LogP contribution in [0, 0.1) is 0 Å². The molecule has 2 aliphatic heterocycles. The molecule has 43 heavy (non-hydrogen) atoms. The Morgan fingerprint density at radius 1 is 0.442 bits per heavy atom. The van der Waals surface area contributed by atoms with Crippen molar-refractivity contribution in [2.24, 2.45) is 0 Å². The van der Waals surface area contributed by atoms with Crippen molar-refractivity contribution in [3.8, 4) is 28.3 Å². The maximum absolute atomic E-state index is 6.72. The monoisotopic (exact) mass is 547 g/mol. The van der Waals surface area contributed by atoms with Crippen LogP contribution in [-0.2, 0) is 5.41 Å². The standard InChI is InChI=1S/C41H25NO/c1-2-11-27-24-28(21-20-26(27)10-1)29-22-23-39-35(25-29)41(33-15-5-8-19-38(33)43-39)32-14-4-7-18-37(32)42-36-17-6-3-12-30(36)31-13-9-16-34(41)40(31)42/h1-25H. The van der Waals surface area contributed by atoms with Gasteiger partial charge in [0.25, 0.3) is 0 Å². The fourth-order valence-corrected chi connectivity index (χ4v) is 7.87. The number of aromatic nitrogens is 1. The van der Waals surface area contributed by atoms with Gasteiger partial charge in [0.2, 0.25) is 0 Å². The molecule has 0 amide bonds. The molecule has 0 saturated heterocycles. The lowest BCUT2D eigenvalue weighted by Crippen LogP contribution is -2.37. The van der Waals surface area contributed by atoms with E-state index in [1.54, 1.807) is 0 Å². The molecule has 2 nitrogen and oxygen atoms in total. The van der Waals surface area contributed by atoms with Crippen LogP contribution in [0.15, 0.2) is 152 Å². The van der Waals surface area contributed by atoms with Crippen LogP contribution in [0.1, 0.15) is 22.3 Å². The Bertz CT molecular complexity index is 2450. The summed E-state index contributed by atoms with van der Waals surface area (Å²) in [7, 11) is 0. The van der Waals surface area contributed by atoms with Crippen LogP contribution < -0.4 is 4.74 Å². The minimum absolute atomic E-state index is 0.558. The summed E-state index contributed by atoms with van der Waals surface area (Å²) < 4.78 is 9.19. The van der Waals surface area contributed by atoms with Gasteiger partial charge in [0.1, 0.15) is 11.5 Å². The van der Waals surface area contributed by atoms with Gasteiger partial charge in [-0.25, -0.2) is 0 Å². The molecule has 0 aliphatic carbocycles. The van der Waals surface area contributed by atoms with Crippen molar-refractivity contribution in [3.63, 3.8) is 0 Å². The molecule has 1 atom stereocenters. The largest absolute Gasteiger partial charge is 0.457 e. The zero-order valence-electron chi connectivity index (χ0n) is 23.3. The number of hydrogen-bond donors (Lipinski definition) is 0. The van der Waals surface area contributed by atoms with Crippen LogP contribution >= 0.6 is 0 Å². The molecular formula is C41H25NO. The van der Waals surface area contributed by atoms with Gasteiger partial charge in [-0.1, -0.05) is 115 Å². The Kier molecular flexibility index (Phi) is 4.41. The number of fused-ring (bicyclic) bond motifs is 12. The highest BCUT2D eigenvalue weighted by Crippen LogP contribution is 2.60. The first-order valence-corrected chi connectivity index (χ1v) is 14.9. The number of hydrogen-bond acceptors (Lipinski definition) is 1. The van der Waals surface area contributed by atoms with Gasteiger partial charge in [-0.2, -0.15) is 0 Å². The second-order valence-electron chi connectivity index (χ2n) is 11.7. The van der Waals surface area contributed by atoms with Crippen molar-refractivity contribution in [1.29, 1.82) is 0 Å². The third-order valence-corrected chi connectivity index (χ3v) is 9.63. The van der Waals surface area contributed by atoms with Crippen molar-refractivity contribution in [2.75, 3.05) is 0 Å². The topological polar surface area (TPSA) is 14.2 Å². The van der Waals surface area contributed by atoms with E-state index in [-0.39, 0.29) is 0 Å². The first kappa shape index (κ1) is 23.0. The average Bonchev–Trinajstić information content (AvgIpc) is 3.41. The number of para-hydroxylation sites is 4. The van der Waals surface area contributed by atoms with Crippen molar-refractivity contribution >= 4 is 32.6 Å². The van der Waals surface area contributed by atoms with Gasteiger partial charge in [-0.05, 0) is 69.4 Å². The van der Waals surface area contributed by atoms with E-state index in [1.165, 1.54) is 71.6 Å². The summed E-state index contributed by atoms with van der Waals surface area (Å²) in [6, 6.07) is 55.3. The van der Waals surface area contributed by atoms with Crippen LogP contribution in [0.2, 0.25) is 0 Å². The minimum atomic E-state index is -0.558. The summed E-state index contributed by atoms with van der Waals surface area (Å²) in [6.45, 7) is 0. The van der Waals surface area contributed by atoms with E-state index in [4.69, 9.17) is 4.74 Å². The lowest BCUT2D eigenvalue weighted by atomic mass is 9.61. The molecule has 0 radical (unpaired) electrons. The molecule has 1 unspecified atom stereocenters. The second kappa shape index (κ2) is 8.24. The van der Waals surface area contributed by atoms with Crippen LogP contribution in [0.25, 0.3) is 49.4 Å². The van der Waals surface area contributed by atoms with Crippen molar-refractivity contribution in [3.05, 3.63) is 174 Å². The quantitative estimate of drug-likeness (QED) is 0.199. The summed E-state index contributed by atoms with van der Waals surface area (Å²) in [5.41, 5.74) is 10.4. The number of rotatable bonds is 1. The highest BCUT2D eigenvalue weighted by atomic mass is 16.5. The van der Waals surface area contributed by atoms with Gasteiger partial charge in [0, 0.05) is 21.9 Å². The van der Waals surface area contributed by atoms with E-state index in [0.717, 1.165) is 11.5 Å². The lowest BCUT2D eigenvalue weighted by molar-refractivity contribution is 0.434. The van der Waals surface area contributed by atoms with Gasteiger partial charge in [-0.15, -0.1) is 0 Å². The molecule has 1 spiro atoms. The highest BCUT2D eigenvalue weighted by Gasteiger charge is 2.50. The van der Waals surface area contributed by atoms with Crippen molar-refractivity contribution in [1.82, 2.24) is 4.57 Å². The summed E-state index contributed by atoms with van der Waals surface area (Å²) in [4.78, 5) is 0. The van der Waals surface area contributed by atoms with E-state index in [2.05, 4.69) is 156 Å². The normalized spacial score (nSPS) is 16.2. The molecule has 0 fully saturated rings. The van der Waals surface area contributed by atoms with Gasteiger partial charge in [0.15, 0.2) is 0 Å².